The second-order valence-electron chi connectivity index (χ2n) is 4.43. The molecule has 1 aromatic rings. The van der Waals surface area contributed by atoms with Gasteiger partial charge in [0.2, 0.25) is 0 Å². The monoisotopic (exact) mass is 235 g/mol. The second-order valence-corrected chi connectivity index (χ2v) is 4.43. The number of unbranched alkanes of at least 4 members (excludes halogenated alkanes) is 1. The maximum absolute atomic E-state index is 5.66. The molecule has 0 bridgehead atoms. The lowest BCUT2D eigenvalue weighted by Gasteiger charge is -2.14. The number of benzene rings is 1. The highest BCUT2D eigenvalue weighted by Crippen LogP contribution is 2.10. The van der Waals surface area contributed by atoms with Crippen molar-refractivity contribution in [2.24, 2.45) is 0 Å². The van der Waals surface area contributed by atoms with Gasteiger partial charge in [-0.15, -0.1) is 0 Å². The molecule has 0 amide bonds. The molecule has 96 valence electrons. The lowest BCUT2D eigenvalue weighted by Crippen LogP contribution is -2.24. The smallest absolute Gasteiger partial charge is 0.119 e. The van der Waals surface area contributed by atoms with Crippen molar-refractivity contribution >= 4 is 0 Å². The third kappa shape index (κ3) is 6.32. The van der Waals surface area contributed by atoms with Crippen LogP contribution in [-0.4, -0.2) is 19.7 Å². The fourth-order valence-corrected chi connectivity index (χ4v) is 1.98. The van der Waals surface area contributed by atoms with Gasteiger partial charge in [0, 0.05) is 6.04 Å². The topological polar surface area (TPSA) is 21.3 Å². The van der Waals surface area contributed by atoms with Gasteiger partial charge in [-0.25, -0.2) is 0 Å². The first-order valence-electron chi connectivity index (χ1n) is 6.72. The minimum Gasteiger partial charge on any atom is -0.494 e. The van der Waals surface area contributed by atoms with Crippen LogP contribution in [0.2, 0.25) is 0 Å². The van der Waals surface area contributed by atoms with E-state index in [-0.39, 0.29) is 0 Å². The number of para-hydroxylation sites is 1. The Balaban J connectivity index is 2.04. The first-order chi connectivity index (χ1) is 8.36. The summed E-state index contributed by atoms with van der Waals surface area (Å²) in [6, 6.07) is 10.7. The van der Waals surface area contributed by atoms with Crippen LogP contribution in [-0.2, 0) is 0 Å². The molecule has 0 saturated carbocycles. The van der Waals surface area contributed by atoms with Crippen molar-refractivity contribution in [2.45, 2.75) is 45.1 Å². The van der Waals surface area contributed by atoms with Crippen molar-refractivity contribution < 1.29 is 4.74 Å². The first kappa shape index (κ1) is 14.0. The Morgan fingerprint density at radius 1 is 1.12 bits per heavy atom. The molecule has 0 spiro atoms. The summed E-state index contributed by atoms with van der Waals surface area (Å²) < 4.78 is 5.66. The molecule has 0 fully saturated rings. The molecule has 0 saturated heterocycles. The van der Waals surface area contributed by atoms with Crippen molar-refractivity contribution in [3.05, 3.63) is 30.3 Å². The van der Waals surface area contributed by atoms with Gasteiger partial charge in [-0.05, 0) is 44.9 Å². The molecule has 1 N–H and O–H groups in total. The van der Waals surface area contributed by atoms with E-state index in [9.17, 15) is 0 Å². The summed E-state index contributed by atoms with van der Waals surface area (Å²) >= 11 is 0. The molecule has 0 aliphatic heterocycles. The van der Waals surface area contributed by atoms with Gasteiger partial charge in [0.15, 0.2) is 0 Å². The molecule has 1 unspecified atom stereocenters. The van der Waals surface area contributed by atoms with Gasteiger partial charge in [0.1, 0.15) is 5.75 Å². The Morgan fingerprint density at radius 3 is 2.53 bits per heavy atom. The Morgan fingerprint density at radius 2 is 1.88 bits per heavy atom. The molecule has 0 aliphatic carbocycles. The highest BCUT2D eigenvalue weighted by Gasteiger charge is 2.03. The summed E-state index contributed by atoms with van der Waals surface area (Å²) in [6.07, 6.45) is 6.15. The van der Waals surface area contributed by atoms with Crippen molar-refractivity contribution in [1.82, 2.24) is 5.32 Å². The molecule has 0 radical (unpaired) electrons. The number of ether oxygens (including phenoxy) is 1. The number of rotatable bonds is 9. The van der Waals surface area contributed by atoms with Gasteiger partial charge in [-0.3, -0.25) is 0 Å². The Labute approximate surface area is 105 Å². The molecule has 0 aliphatic rings. The second kappa shape index (κ2) is 9.06. The third-order valence-corrected chi connectivity index (χ3v) is 3.00. The van der Waals surface area contributed by atoms with E-state index >= 15 is 0 Å². The first-order valence-corrected chi connectivity index (χ1v) is 6.72. The van der Waals surface area contributed by atoms with Crippen LogP contribution in [0.4, 0.5) is 0 Å². The predicted molar refractivity (Wildman–Crippen MR) is 73.5 cm³/mol. The Kier molecular flexibility index (Phi) is 7.48. The predicted octanol–water partition coefficient (Wildman–Crippen LogP) is 3.62. The zero-order valence-electron chi connectivity index (χ0n) is 11.1. The average Bonchev–Trinajstić information content (AvgIpc) is 2.38. The summed E-state index contributed by atoms with van der Waals surface area (Å²) in [6.45, 7) is 3.06. The van der Waals surface area contributed by atoms with E-state index in [0.717, 1.165) is 18.8 Å². The number of nitrogens with one attached hydrogen (secondary N) is 1. The van der Waals surface area contributed by atoms with Crippen LogP contribution in [0.25, 0.3) is 0 Å². The largest absolute Gasteiger partial charge is 0.494 e. The Bertz CT molecular complexity index is 274. The minimum atomic E-state index is 0.678. The maximum Gasteiger partial charge on any atom is 0.119 e. The van der Waals surface area contributed by atoms with Crippen molar-refractivity contribution in [1.29, 1.82) is 0 Å². The zero-order valence-corrected chi connectivity index (χ0v) is 11.1. The van der Waals surface area contributed by atoms with E-state index in [1.54, 1.807) is 0 Å². The number of hydrogen-bond donors (Lipinski definition) is 1. The van der Waals surface area contributed by atoms with E-state index < -0.39 is 0 Å². The highest BCUT2D eigenvalue weighted by molar-refractivity contribution is 5.20. The Hall–Kier alpha value is -1.02. The quantitative estimate of drug-likeness (QED) is 0.660. The van der Waals surface area contributed by atoms with Gasteiger partial charge < -0.3 is 10.1 Å². The molecule has 1 atom stereocenters. The standard InChI is InChI=1S/C15H25NO/c1-3-9-14(16-2)10-7-8-13-17-15-11-5-4-6-12-15/h4-6,11-12,14,16H,3,7-10,13H2,1-2H3. The summed E-state index contributed by atoms with van der Waals surface area (Å²) in [5, 5.41) is 3.37. The lowest BCUT2D eigenvalue weighted by molar-refractivity contribution is 0.300. The molecular weight excluding hydrogens is 210 g/mol. The average molecular weight is 235 g/mol. The van der Waals surface area contributed by atoms with Crippen LogP contribution >= 0.6 is 0 Å². The third-order valence-electron chi connectivity index (χ3n) is 3.00. The number of hydrogen-bond acceptors (Lipinski definition) is 2. The van der Waals surface area contributed by atoms with Gasteiger partial charge >= 0.3 is 0 Å². The van der Waals surface area contributed by atoms with Crippen LogP contribution in [0.5, 0.6) is 5.75 Å². The van der Waals surface area contributed by atoms with Crippen LogP contribution in [0.1, 0.15) is 39.0 Å². The van der Waals surface area contributed by atoms with Crippen LogP contribution in [0.3, 0.4) is 0 Å². The van der Waals surface area contributed by atoms with Gasteiger partial charge in [0.05, 0.1) is 6.61 Å². The lowest BCUT2D eigenvalue weighted by atomic mass is 10.1. The summed E-state index contributed by atoms with van der Waals surface area (Å²) in [7, 11) is 2.06. The van der Waals surface area contributed by atoms with Crippen molar-refractivity contribution in [2.75, 3.05) is 13.7 Å². The molecule has 17 heavy (non-hydrogen) atoms. The van der Waals surface area contributed by atoms with Crippen LogP contribution in [0, 0.1) is 0 Å². The minimum absolute atomic E-state index is 0.678. The fourth-order valence-electron chi connectivity index (χ4n) is 1.98. The van der Waals surface area contributed by atoms with Crippen LogP contribution < -0.4 is 10.1 Å². The van der Waals surface area contributed by atoms with E-state index in [2.05, 4.69) is 19.3 Å². The van der Waals surface area contributed by atoms with Crippen molar-refractivity contribution in [3.8, 4) is 5.75 Å². The fraction of sp³-hybridized carbons (Fsp3) is 0.600. The van der Waals surface area contributed by atoms with Gasteiger partial charge in [-0.2, -0.15) is 0 Å². The zero-order chi connectivity index (χ0) is 12.3. The molecule has 2 heteroatoms. The van der Waals surface area contributed by atoms with Crippen molar-refractivity contribution in [3.63, 3.8) is 0 Å². The van der Waals surface area contributed by atoms with E-state index in [0.29, 0.717) is 6.04 Å². The summed E-state index contributed by atoms with van der Waals surface area (Å²) in [4.78, 5) is 0. The molecule has 2 nitrogen and oxygen atoms in total. The van der Waals surface area contributed by atoms with E-state index in [1.165, 1.54) is 25.7 Å². The van der Waals surface area contributed by atoms with E-state index in [4.69, 9.17) is 4.74 Å². The van der Waals surface area contributed by atoms with Gasteiger partial charge in [0.25, 0.3) is 0 Å². The van der Waals surface area contributed by atoms with Crippen LogP contribution in [0.15, 0.2) is 30.3 Å². The SMILES string of the molecule is CCCC(CCCCOc1ccccc1)NC. The summed E-state index contributed by atoms with van der Waals surface area (Å²) in [5.74, 6) is 0.978. The normalized spacial score (nSPS) is 12.4. The van der Waals surface area contributed by atoms with E-state index in [1.807, 2.05) is 30.3 Å². The molecule has 0 aromatic heterocycles. The van der Waals surface area contributed by atoms with Gasteiger partial charge in [-0.1, -0.05) is 31.5 Å². The highest BCUT2D eigenvalue weighted by atomic mass is 16.5. The molecule has 0 heterocycles. The molecule has 1 rings (SSSR count). The molecule has 1 aromatic carbocycles. The maximum atomic E-state index is 5.66. The summed E-state index contributed by atoms with van der Waals surface area (Å²) in [5.41, 5.74) is 0. The molecular formula is C15H25NO.